The van der Waals surface area contributed by atoms with E-state index in [1.807, 2.05) is 37.6 Å². The molecule has 0 aliphatic carbocycles. The highest BCUT2D eigenvalue weighted by Gasteiger charge is 2.07. The summed E-state index contributed by atoms with van der Waals surface area (Å²) in [6.45, 7) is 2.03. The zero-order valence-electron chi connectivity index (χ0n) is 9.63. The Bertz CT molecular complexity index is 509. The van der Waals surface area contributed by atoms with Crippen LogP contribution in [-0.4, -0.2) is 16.0 Å². The maximum atomic E-state index is 11.8. The fourth-order valence-corrected chi connectivity index (χ4v) is 1.59. The van der Waals surface area contributed by atoms with Gasteiger partial charge in [0, 0.05) is 12.0 Å². The van der Waals surface area contributed by atoms with Crippen LogP contribution in [0.2, 0.25) is 0 Å². The molecule has 2 rings (SSSR count). The zero-order valence-corrected chi connectivity index (χ0v) is 9.63. The van der Waals surface area contributed by atoms with Crippen LogP contribution in [0.4, 0.5) is 0 Å². The first-order chi connectivity index (χ1) is 8.27. The summed E-state index contributed by atoms with van der Waals surface area (Å²) in [4.78, 5) is 11.8. The number of carbonyl (C=O) groups excluding carboxylic acids is 1. The second kappa shape index (κ2) is 5.34. The molecule has 1 aromatic heterocycles. The molecule has 0 bridgehead atoms. The topological polar surface area (TPSA) is 42.9 Å². The minimum absolute atomic E-state index is 0.0585. The van der Waals surface area contributed by atoms with Crippen molar-refractivity contribution in [2.45, 2.75) is 13.3 Å². The molecule has 0 aliphatic heterocycles. The van der Waals surface area contributed by atoms with Crippen LogP contribution in [0.1, 0.15) is 27.9 Å². The van der Waals surface area contributed by atoms with Gasteiger partial charge >= 0.3 is 0 Å². The third kappa shape index (κ3) is 2.97. The van der Waals surface area contributed by atoms with Gasteiger partial charge in [0.2, 0.25) is 0 Å². The molecule has 2 aromatic rings. The van der Waals surface area contributed by atoms with Crippen LogP contribution in [0, 0.1) is 13.3 Å². The normalized spacial score (nSPS) is 10.2. The van der Waals surface area contributed by atoms with Gasteiger partial charge < -0.3 is 0 Å². The first kappa shape index (κ1) is 11.5. The van der Waals surface area contributed by atoms with Crippen molar-refractivity contribution in [3.8, 4) is 0 Å². The molecule has 1 aromatic carbocycles. The van der Waals surface area contributed by atoms with Gasteiger partial charge in [0.05, 0.1) is 12.4 Å². The van der Waals surface area contributed by atoms with E-state index in [4.69, 9.17) is 0 Å². The van der Waals surface area contributed by atoms with Crippen molar-refractivity contribution >= 4 is 5.78 Å². The summed E-state index contributed by atoms with van der Waals surface area (Å²) in [6, 6.07) is 9.68. The Morgan fingerprint density at radius 3 is 2.76 bits per heavy atom. The highest BCUT2D eigenvalue weighted by Crippen LogP contribution is 2.13. The molecule has 1 radical (unpaired) electrons. The van der Waals surface area contributed by atoms with Crippen molar-refractivity contribution in [3.63, 3.8) is 0 Å². The van der Waals surface area contributed by atoms with Crippen LogP contribution in [0.5, 0.6) is 0 Å². The predicted octanol–water partition coefficient (Wildman–Crippen LogP) is 2.61. The smallest absolute Gasteiger partial charge is 0.165 e. The van der Waals surface area contributed by atoms with E-state index in [0.717, 1.165) is 5.56 Å². The molecule has 0 unspecified atom stereocenters. The van der Waals surface area contributed by atoms with Crippen LogP contribution in [0.15, 0.2) is 42.7 Å². The molecule has 0 N–H and O–H groups in total. The molecule has 0 amide bonds. The Hall–Kier alpha value is -2.03. The number of aromatic nitrogens is 2. The standard InChI is InChI=1S/C14H13N2O/c1-11-4-2-3-5-12(11)6-7-14(17)13-8-9-15-16-10-13/h2-6,8-10H,7H2,1H3. The second-order valence-electron chi connectivity index (χ2n) is 3.82. The minimum Gasteiger partial charge on any atom is -0.294 e. The van der Waals surface area contributed by atoms with Crippen molar-refractivity contribution in [2.75, 3.05) is 0 Å². The fraction of sp³-hybridized carbons (Fsp3) is 0.143. The Kier molecular flexibility index (Phi) is 3.60. The van der Waals surface area contributed by atoms with Crippen molar-refractivity contribution < 1.29 is 4.79 Å². The molecular formula is C14H13N2O. The van der Waals surface area contributed by atoms with E-state index in [1.54, 1.807) is 6.07 Å². The monoisotopic (exact) mass is 225 g/mol. The number of aryl methyl sites for hydroxylation is 1. The second-order valence-corrected chi connectivity index (χ2v) is 3.82. The number of ketones is 1. The first-order valence-corrected chi connectivity index (χ1v) is 5.46. The number of rotatable bonds is 4. The molecule has 0 saturated heterocycles. The fourth-order valence-electron chi connectivity index (χ4n) is 1.59. The van der Waals surface area contributed by atoms with Crippen molar-refractivity contribution in [3.05, 3.63) is 65.8 Å². The van der Waals surface area contributed by atoms with E-state index < -0.39 is 0 Å². The van der Waals surface area contributed by atoms with Gasteiger partial charge in [0.1, 0.15) is 0 Å². The SMILES string of the molecule is Cc1ccccc1[CH]CC(=O)c1ccnnc1. The number of hydrogen-bond donors (Lipinski definition) is 0. The molecule has 0 saturated carbocycles. The van der Waals surface area contributed by atoms with E-state index in [9.17, 15) is 4.79 Å². The van der Waals surface area contributed by atoms with E-state index in [1.165, 1.54) is 18.0 Å². The molecule has 3 nitrogen and oxygen atoms in total. The number of Topliss-reactive ketones (excluding diaryl/α,β-unsaturated/α-hetero) is 1. The van der Waals surface area contributed by atoms with E-state index in [-0.39, 0.29) is 5.78 Å². The number of hydrogen-bond acceptors (Lipinski definition) is 3. The van der Waals surface area contributed by atoms with Gasteiger partial charge in [-0.3, -0.25) is 4.79 Å². The molecule has 85 valence electrons. The maximum Gasteiger partial charge on any atom is 0.165 e. The van der Waals surface area contributed by atoms with Gasteiger partial charge in [-0.2, -0.15) is 10.2 Å². The lowest BCUT2D eigenvalue weighted by atomic mass is 10.0. The lowest BCUT2D eigenvalue weighted by Gasteiger charge is -2.04. The maximum absolute atomic E-state index is 11.8. The quantitative estimate of drug-likeness (QED) is 0.751. The summed E-state index contributed by atoms with van der Waals surface area (Å²) in [7, 11) is 0. The highest BCUT2D eigenvalue weighted by molar-refractivity contribution is 5.96. The summed E-state index contributed by atoms with van der Waals surface area (Å²) in [5.41, 5.74) is 2.88. The van der Waals surface area contributed by atoms with Crippen LogP contribution < -0.4 is 0 Å². The first-order valence-electron chi connectivity index (χ1n) is 5.46. The highest BCUT2D eigenvalue weighted by atomic mass is 16.1. The Balaban J connectivity index is 2.00. The number of carbonyl (C=O) groups is 1. The summed E-state index contributed by atoms with van der Waals surface area (Å²) < 4.78 is 0. The average molecular weight is 225 g/mol. The van der Waals surface area contributed by atoms with E-state index in [0.29, 0.717) is 12.0 Å². The summed E-state index contributed by atoms with van der Waals surface area (Å²) in [6.07, 6.45) is 5.35. The van der Waals surface area contributed by atoms with Crippen molar-refractivity contribution in [1.82, 2.24) is 10.2 Å². The summed E-state index contributed by atoms with van der Waals surface area (Å²) in [5, 5.41) is 7.34. The van der Waals surface area contributed by atoms with Crippen LogP contribution in [0.3, 0.4) is 0 Å². The predicted molar refractivity (Wildman–Crippen MR) is 65.6 cm³/mol. The lowest BCUT2D eigenvalue weighted by Crippen LogP contribution is -2.01. The Morgan fingerprint density at radius 2 is 2.06 bits per heavy atom. The molecule has 1 heterocycles. The van der Waals surface area contributed by atoms with Gasteiger partial charge in [-0.1, -0.05) is 24.3 Å². The summed E-state index contributed by atoms with van der Waals surface area (Å²) >= 11 is 0. The molecule has 17 heavy (non-hydrogen) atoms. The summed E-state index contributed by atoms with van der Waals surface area (Å²) in [5.74, 6) is 0.0585. The third-order valence-corrected chi connectivity index (χ3v) is 2.60. The molecule has 0 atom stereocenters. The van der Waals surface area contributed by atoms with Gasteiger partial charge in [0.25, 0.3) is 0 Å². The number of nitrogens with zero attached hydrogens (tertiary/aromatic N) is 2. The van der Waals surface area contributed by atoms with Crippen molar-refractivity contribution in [1.29, 1.82) is 0 Å². The van der Waals surface area contributed by atoms with E-state index >= 15 is 0 Å². The molecule has 3 heteroatoms. The van der Waals surface area contributed by atoms with Gasteiger partial charge in [-0.15, -0.1) is 0 Å². The number of benzene rings is 1. The van der Waals surface area contributed by atoms with E-state index in [2.05, 4.69) is 10.2 Å². The third-order valence-electron chi connectivity index (χ3n) is 2.60. The van der Waals surface area contributed by atoms with Crippen LogP contribution in [0.25, 0.3) is 0 Å². The minimum atomic E-state index is 0.0585. The van der Waals surface area contributed by atoms with Gasteiger partial charge in [-0.25, -0.2) is 0 Å². The zero-order chi connectivity index (χ0) is 12.1. The molecular weight excluding hydrogens is 212 g/mol. The average Bonchev–Trinajstić information content (AvgIpc) is 2.38. The Labute approximate surface area is 101 Å². The molecule has 0 spiro atoms. The Morgan fingerprint density at radius 1 is 1.24 bits per heavy atom. The molecule has 0 fully saturated rings. The van der Waals surface area contributed by atoms with Crippen LogP contribution >= 0.6 is 0 Å². The largest absolute Gasteiger partial charge is 0.294 e. The van der Waals surface area contributed by atoms with Gasteiger partial charge in [-0.05, 0) is 30.5 Å². The lowest BCUT2D eigenvalue weighted by molar-refractivity contribution is 0.0992. The van der Waals surface area contributed by atoms with Crippen LogP contribution in [-0.2, 0) is 0 Å². The van der Waals surface area contributed by atoms with Crippen molar-refractivity contribution in [2.24, 2.45) is 0 Å². The molecule has 0 aliphatic rings. The van der Waals surface area contributed by atoms with Gasteiger partial charge in [0.15, 0.2) is 5.78 Å².